The summed E-state index contributed by atoms with van der Waals surface area (Å²) in [6, 6.07) is 0.341. The Bertz CT molecular complexity index is 386. The molecule has 0 spiro atoms. The Morgan fingerprint density at radius 2 is 2.00 bits per heavy atom. The molecule has 0 radical (unpaired) electrons. The fourth-order valence-corrected chi connectivity index (χ4v) is 4.94. The number of aliphatic hydroxyl groups is 1. The number of hydrogen-bond donors (Lipinski definition) is 2. The molecule has 2 aliphatic rings. The van der Waals surface area contributed by atoms with Gasteiger partial charge in [0.1, 0.15) is 0 Å². The largest absolute Gasteiger partial charge is 0.437 e. The summed E-state index contributed by atoms with van der Waals surface area (Å²) in [5, 5.41) is 20.8. The molecule has 3 atom stereocenters. The first kappa shape index (κ1) is 17.5. The topological polar surface area (TPSA) is 52.9 Å². The summed E-state index contributed by atoms with van der Waals surface area (Å²) < 4.78 is 6.30. The second-order valence-electron chi connectivity index (χ2n) is 8.45. The lowest BCUT2D eigenvalue weighted by molar-refractivity contribution is 0.0426. The van der Waals surface area contributed by atoms with Crippen LogP contribution in [0, 0.1) is 0 Å². The molecule has 3 unspecified atom stereocenters. The Labute approximate surface area is 131 Å². The molecule has 6 heteroatoms. The maximum Gasteiger partial charge on any atom is 0.377 e. The van der Waals surface area contributed by atoms with Gasteiger partial charge in [-0.2, -0.15) is 0 Å². The van der Waals surface area contributed by atoms with E-state index in [1.807, 2.05) is 6.82 Å². The van der Waals surface area contributed by atoms with Gasteiger partial charge in [0.25, 0.3) is 0 Å². The van der Waals surface area contributed by atoms with Gasteiger partial charge in [-0.05, 0) is 50.6 Å². The molecule has 0 aromatic rings. The molecule has 21 heavy (non-hydrogen) atoms. The van der Waals surface area contributed by atoms with Gasteiger partial charge >= 0.3 is 7.05 Å². The summed E-state index contributed by atoms with van der Waals surface area (Å²) in [7, 11) is -2.23. The summed E-state index contributed by atoms with van der Waals surface area (Å²) in [5.74, 6) is 0. The van der Waals surface area contributed by atoms with Crippen LogP contribution < -0.4 is 0 Å². The van der Waals surface area contributed by atoms with Gasteiger partial charge in [-0.3, -0.25) is 0 Å². The van der Waals surface area contributed by atoms with Crippen LogP contribution in [0.4, 0.5) is 0 Å². The van der Waals surface area contributed by atoms with Crippen LogP contribution in [0.25, 0.3) is 0 Å². The minimum absolute atomic E-state index is 0.209. The Hall–Kier alpha value is 0.122. The van der Waals surface area contributed by atoms with E-state index in [2.05, 4.69) is 38.7 Å². The molecule has 2 heterocycles. The summed E-state index contributed by atoms with van der Waals surface area (Å²) >= 11 is 0. The van der Waals surface area contributed by atoms with Crippen molar-refractivity contribution in [3.63, 3.8) is 0 Å². The van der Waals surface area contributed by atoms with E-state index in [9.17, 15) is 10.1 Å². The molecule has 0 amide bonds. The molecule has 2 N–H and O–H groups in total. The van der Waals surface area contributed by atoms with E-state index < -0.39 is 15.4 Å². The zero-order valence-electron chi connectivity index (χ0n) is 14.5. The molecule has 2 fully saturated rings. The Kier molecular flexibility index (Phi) is 4.69. The number of fused-ring (bicyclic) bond motifs is 2. The van der Waals surface area contributed by atoms with Crippen molar-refractivity contribution in [1.29, 1.82) is 0 Å². The van der Waals surface area contributed by atoms with Gasteiger partial charge in [0.15, 0.2) is 8.32 Å². The highest BCUT2D eigenvalue weighted by molar-refractivity contribution is 6.74. The van der Waals surface area contributed by atoms with Crippen molar-refractivity contribution >= 4 is 15.4 Å². The number of rotatable bonds is 5. The Morgan fingerprint density at radius 3 is 2.48 bits per heavy atom. The summed E-state index contributed by atoms with van der Waals surface area (Å²) in [6.07, 6.45) is 3.36. The van der Waals surface area contributed by atoms with E-state index in [1.165, 1.54) is 0 Å². The highest BCUT2D eigenvalue weighted by Crippen LogP contribution is 2.49. The molecule has 2 bridgehead atoms. The van der Waals surface area contributed by atoms with Crippen LogP contribution in [0.2, 0.25) is 25.0 Å². The van der Waals surface area contributed by atoms with E-state index in [-0.39, 0.29) is 16.7 Å². The van der Waals surface area contributed by atoms with Crippen LogP contribution in [0.3, 0.4) is 0 Å². The fraction of sp³-hybridized carbons (Fsp3) is 1.00. The third kappa shape index (κ3) is 2.98. The fourth-order valence-electron chi connectivity index (χ4n) is 3.89. The van der Waals surface area contributed by atoms with Gasteiger partial charge in [-0.15, -0.1) is 0 Å². The molecular formula is C15H32BNO3Si. The van der Waals surface area contributed by atoms with Gasteiger partial charge in [0.2, 0.25) is 0 Å². The smallest absolute Gasteiger partial charge is 0.377 e. The van der Waals surface area contributed by atoms with Crippen LogP contribution in [-0.4, -0.2) is 54.6 Å². The monoisotopic (exact) mass is 313 g/mol. The molecule has 2 rings (SSSR count). The lowest BCUT2D eigenvalue weighted by Gasteiger charge is -2.41. The minimum Gasteiger partial charge on any atom is -0.437 e. The number of nitrogens with zero attached hydrogens (tertiary/aromatic N) is 1. The van der Waals surface area contributed by atoms with Crippen LogP contribution in [-0.2, 0) is 4.43 Å². The maximum absolute atomic E-state index is 10.5. The van der Waals surface area contributed by atoms with Crippen LogP contribution in [0.1, 0.15) is 46.5 Å². The van der Waals surface area contributed by atoms with Crippen molar-refractivity contribution in [2.75, 3.05) is 6.61 Å². The Morgan fingerprint density at radius 1 is 1.38 bits per heavy atom. The summed E-state index contributed by atoms with van der Waals surface area (Å²) in [5.41, 5.74) is -0.263. The quantitative estimate of drug-likeness (QED) is 0.766. The third-order valence-corrected chi connectivity index (χ3v) is 10.7. The first-order valence-corrected chi connectivity index (χ1v) is 11.2. The standard InChI is InChI=1S/C15H32BNO3Si/c1-14(2,3)21(5,6)20-10-9-15-8-7-12(11-13(15)18)17(15)16(4)19/h12-13,18-19H,7-11H2,1-6H3. The van der Waals surface area contributed by atoms with E-state index in [4.69, 9.17) is 4.43 Å². The molecule has 122 valence electrons. The third-order valence-electron chi connectivity index (χ3n) is 6.14. The lowest BCUT2D eigenvalue weighted by atomic mass is 9.77. The normalized spacial score (nSPS) is 33.7. The van der Waals surface area contributed by atoms with Crippen molar-refractivity contribution in [2.24, 2.45) is 0 Å². The van der Waals surface area contributed by atoms with Crippen LogP contribution >= 0.6 is 0 Å². The van der Waals surface area contributed by atoms with E-state index in [0.717, 1.165) is 25.7 Å². The average molecular weight is 313 g/mol. The van der Waals surface area contributed by atoms with Gasteiger partial charge in [0.05, 0.1) is 6.10 Å². The molecule has 2 saturated heterocycles. The maximum atomic E-state index is 10.5. The zero-order chi connectivity index (χ0) is 16.1. The highest BCUT2D eigenvalue weighted by atomic mass is 28.4. The SMILES string of the molecule is CB(O)N1C2CCC1(CCO[Si](C)(C)C(C)(C)C)C(O)C2. The second-order valence-corrected chi connectivity index (χ2v) is 13.3. The zero-order valence-corrected chi connectivity index (χ0v) is 15.5. The van der Waals surface area contributed by atoms with Gasteiger partial charge in [0, 0.05) is 18.2 Å². The number of hydrogen-bond acceptors (Lipinski definition) is 4. The first-order chi connectivity index (χ1) is 9.51. The molecule has 0 saturated carbocycles. The van der Waals surface area contributed by atoms with Crippen molar-refractivity contribution in [3.05, 3.63) is 0 Å². The summed E-state index contributed by atoms with van der Waals surface area (Å²) in [4.78, 5) is 2.15. The van der Waals surface area contributed by atoms with Crippen LogP contribution in [0.5, 0.6) is 0 Å². The van der Waals surface area contributed by atoms with Gasteiger partial charge < -0.3 is 19.4 Å². The summed E-state index contributed by atoms with van der Waals surface area (Å²) in [6.45, 7) is 13.8. The molecular weight excluding hydrogens is 281 g/mol. The van der Waals surface area contributed by atoms with Crippen molar-refractivity contribution < 1.29 is 14.6 Å². The van der Waals surface area contributed by atoms with E-state index in [1.54, 1.807) is 0 Å². The van der Waals surface area contributed by atoms with E-state index in [0.29, 0.717) is 12.6 Å². The minimum atomic E-state index is -1.74. The molecule has 2 aliphatic heterocycles. The van der Waals surface area contributed by atoms with Gasteiger partial charge in [-0.1, -0.05) is 20.8 Å². The number of aliphatic hydroxyl groups excluding tert-OH is 1. The lowest BCUT2D eigenvalue weighted by Crippen LogP contribution is -2.54. The molecule has 4 nitrogen and oxygen atoms in total. The van der Waals surface area contributed by atoms with Crippen LogP contribution in [0.15, 0.2) is 0 Å². The van der Waals surface area contributed by atoms with Crippen molar-refractivity contribution in [2.45, 2.75) is 89.1 Å². The Balaban J connectivity index is 2.01. The second kappa shape index (κ2) is 5.64. The van der Waals surface area contributed by atoms with Crippen molar-refractivity contribution in [3.8, 4) is 0 Å². The highest BCUT2D eigenvalue weighted by Gasteiger charge is 2.58. The molecule has 0 aromatic heterocycles. The van der Waals surface area contributed by atoms with Gasteiger partial charge in [-0.25, -0.2) is 0 Å². The predicted molar refractivity (Wildman–Crippen MR) is 89.8 cm³/mol. The predicted octanol–water partition coefficient (Wildman–Crippen LogP) is 2.48. The molecule has 0 aromatic carbocycles. The molecule has 0 aliphatic carbocycles. The first-order valence-electron chi connectivity index (χ1n) is 8.30. The van der Waals surface area contributed by atoms with Crippen molar-refractivity contribution in [1.82, 2.24) is 4.81 Å². The van der Waals surface area contributed by atoms with E-state index >= 15 is 0 Å². The average Bonchev–Trinajstić information content (AvgIpc) is 2.79.